The van der Waals surface area contributed by atoms with Gasteiger partial charge in [0, 0.05) is 24.4 Å². The molecule has 0 amide bonds. The number of aromatic nitrogens is 1. The van der Waals surface area contributed by atoms with Crippen LogP contribution in [-0.2, 0) is 11.8 Å². The van der Waals surface area contributed by atoms with Crippen LogP contribution in [0, 0.1) is 0 Å². The Morgan fingerprint density at radius 3 is 2.09 bits per heavy atom. The number of hydrogen-bond acceptors (Lipinski definition) is 5. The van der Waals surface area contributed by atoms with E-state index in [4.69, 9.17) is 14.2 Å². The van der Waals surface area contributed by atoms with Gasteiger partial charge in [-0.25, -0.2) is 0 Å². The summed E-state index contributed by atoms with van der Waals surface area (Å²) in [5.41, 5.74) is 3.33. The molecule has 1 heterocycles. The predicted octanol–water partition coefficient (Wildman–Crippen LogP) is 4.92. The number of aryl methyl sites for hydroxylation is 1. The van der Waals surface area contributed by atoms with Crippen molar-refractivity contribution >= 4 is 22.8 Å². The lowest BCUT2D eigenvalue weighted by Crippen LogP contribution is -2.08. The molecule has 0 saturated carbocycles. The largest absolute Gasteiger partial charge is 0.493 e. The highest BCUT2D eigenvalue weighted by molar-refractivity contribution is 6.35. The van der Waals surface area contributed by atoms with Gasteiger partial charge in [-0.05, 0) is 40.1 Å². The Balaban J connectivity index is 2.04. The molecule has 0 N–H and O–H groups in total. The number of carbonyl (C=O) groups is 2. The van der Waals surface area contributed by atoms with E-state index in [0.717, 1.165) is 21.9 Å². The van der Waals surface area contributed by atoms with E-state index < -0.39 is 5.78 Å². The minimum absolute atomic E-state index is 0.289. The van der Waals surface area contributed by atoms with Crippen LogP contribution in [0.5, 0.6) is 17.2 Å². The number of fused-ring (bicyclic) bond motifs is 1. The highest BCUT2D eigenvalue weighted by atomic mass is 16.5. The maximum atomic E-state index is 12.6. The van der Waals surface area contributed by atoms with E-state index in [-0.39, 0.29) is 5.69 Å². The van der Waals surface area contributed by atoms with E-state index in [9.17, 15) is 9.59 Å². The van der Waals surface area contributed by atoms with Gasteiger partial charge in [-0.1, -0.05) is 36.4 Å². The fourth-order valence-electron chi connectivity index (χ4n) is 4.07. The van der Waals surface area contributed by atoms with Crippen molar-refractivity contribution in [2.45, 2.75) is 0 Å². The van der Waals surface area contributed by atoms with Crippen molar-refractivity contribution < 1.29 is 23.8 Å². The number of rotatable bonds is 7. The molecule has 0 saturated heterocycles. The number of hydrogen-bond donors (Lipinski definition) is 0. The molecule has 0 atom stereocenters. The Kier molecular flexibility index (Phi) is 5.69. The Morgan fingerprint density at radius 1 is 0.844 bits per heavy atom. The van der Waals surface area contributed by atoms with Crippen molar-refractivity contribution in [3.63, 3.8) is 0 Å². The molecule has 0 spiro atoms. The summed E-state index contributed by atoms with van der Waals surface area (Å²) in [6, 6.07) is 17.7. The summed E-state index contributed by atoms with van der Waals surface area (Å²) in [5, 5.41) is 2.19. The average Bonchev–Trinajstić information content (AvgIpc) is 3.19. The predicted molar refractivity (Wildman–Crippen MR) is 124 cm³/mol. The minimum atomic E-state index is -0.608. The number of ketones is 1. The SMILES string of the molecule is COc1cc(-c2c(-c3ccc4ccccc4c3)cn(C)c2C(=O)C=O)cc(OC)c1OC. The molecule has 0 aliphatic rings. The monoisotopic (exact) mass is 429 g/mol. The van der Waals surface area contributed by atoms with E-state index in [1.807, 2.05) is 42.6 Å². The maximum absolute atomic E-state index is 12.6. The molecule has 3 aromatic carbocycles. The highest BCUT2D eigenvalue weighted by Crippen LogP contribution is 2.45. The third-order valence-corrected chi connectivity index (χ3v) is 5.54. The lowest BCUT2D eigenvalue weighted by atomic mass is 9.94. The zero-order valence-corrected chi connectivity index (χ0v) is 18.3. The fraction of sp³-hybridized carbons (Fsp3) is 0.154. The van der Waals surface area contributed by atoms with Gasteiger partial charge in [0.2, 0.25) is 11.5 Å². The van der Waals surface area contributed by atoms with E-state index >= 15 is 0 Å². The number of ether oxygens (including phenoxy) is 3. The van der Waals surface area contributed by atoms with Crippen LogP contribution in [-0.4, -0.2) is 38.0 Å². The molecule has 1 aromatic heterocycles. The summed E-state index contributed by atoms with van der Waals surface area (Å²) in [5.74, 6) is 0.757. The summed E-state index contributed by atoms with van der Waals surface area (Å²) in [6.45, 7) is 0. The molecule has 32 heavy (non-hydrogen) atoms. The summed E-state index contributed by atoms with van der Waals surface area (Å²) in [7, 11) is 6.36. The molecule has 4 aromatic rings. The Labute approximate surface area is 185 Å². The zero-order valence-electron chi connectivity index (χ0n) is 18.3. The number of methoxy groups -OCH3 is 3. The van der Waals surface area contributed by atoms with Crippen LogP contribution in [0.4, 0.5) is 0 Å². The summed E-state index contributed by atoms with van der Waals surface area (Å²) in [6.07, 6.45) is 2.19. The number of benzene rings is 3. The quantitative estimate of drug-likeness (QED) is 0.237. The van der Waals surface area contributed by atoms with Crippen LogP contribution in [0.2, 0.25) is 0 Å². The second-order valence-electron chi connectivity index (χ2n) is 7.34. The van der Waals surface area contributed by atoms with Gasteiger partial charge >= 0.3 is 0 Å². The summed E-state index contributed by atoms with van der Waals surface area (Å²) < 4.78 is 18.1. The third-order valence-electron chi connectivity index (χ3n) is 5.54. The highest BCUT2D eigenvalue weighted by Gasteiger charge is 2.25. The van der Waals surface area contributed by atoms with Gasteiger partial charge in [0.15, 0.2) is 17.8 Å². The number of nitrogens with zero attached hydrogens (tertiary/aromatic N) is 1. The van der Waals surface area contributed by atoms with Gasteiger partial charge in [0.1, 0.15) is 5.69 Å². The van der Waals surface area contributed by atoms with Crippen molar-refractivity contribution in [3.05, 3.63) is 66.5 Å². The van der Waals surface area contributed by atoms with Gasteiger partial charge in [0.25, 0.3) is 0 Å². The van der Waals surface area contributed by atoms with Crippen molar-refractivity contribution in [2.75, 3.05) is 21.3 Å². The molecule has 162 valence electrons. The second kappa shape index (κ2) is 8.59. The molecule has 0 aliphatic heterocycles. The van der Waals surface area contributed by atoms with Crippen LogP contribution >= 0.6 is 0 Å². The Morgan fingerprint density at radius 2 is 1.50 bits per heavy atom. The van der Waals surface area contributed by atoms with Crippen molar-refractivity contribution in [2.24, 2.45) is 7.05 Å². The number of carbonyl (C=O) groups excluding carboxylic acids is 2. The standard InChI is InChI=1S/C26H23NO5/c1-27-14-20(18-10-9-16-7-5-6-8-17(16)11-18)24(25(27)21(29)15-28)19-12-22(30-2)26(32-4)23(13-19)31-3/h5-15H,1-4H3. The summed E-state index contributed by atoms with van der Waals surface area (Å²) in [4.78, 5) is 24.1. The first-order chi connectivity index (χ1) is 15.5. The van der Waals surface area contributed by atoms with Crippen molar-refractivity contribution in [3.8, 4) is 39.5 Å². The lowest BCUT2D eigenvalue weighted by Gasteiger charge is -2.15. The molecule has 0 fully saturated rings. The molecule has 4 rings (SSSR count). The lowest BCUT2D eigenvalue weighted by molar-refractivity contribution is -0.104. The Bertz CT molecular complexity index is 1310. The van der Waals surface area contributed by atoms with Crippen molar-refractivity contribution in [1.29, 1.82) is 0 Å². The second-order valence-corrected chi connectivity index (χ2v) is 7.34. The van der Waals surface area contributed by atoms with Crippen LogP contribution < -0.4 is 14.2 Å². The molecule has 0 bridgehead atoms. The molecular weight excluding hydrogens is 406 g/mol. The third kappa shape index (κ3) is 3.50. The van der Waals surface area contributed by atoms with Gasteiger partial charge in [-0.2, -0.15) is 0 Å². The first-order valence-corrected chi connectivity index (χ1v) is 10.0. The molecule has 0 aliphatic carbocycles. The molecule has 0 radical (unpaired) electrons. The first kappa shape index (κ1) is 21.2. The van der Waals surface area contributed by atoms with Gasteiger partial charge < -0.3 is 18.8 Å². The van der Waals surface area contributed by atoms with Gasteiger partial charge in [0.05, 0.1) is 21.3 Å². The normalized spacial score (nSPS) is 10.8. The zero-order chi connectivity index (χ0) is 22.8. The minimum Gasteiger partial charge on any atom is -0.493 e. The number of aldehydes is 1. The average molecular weight is 429 g/mol. The topological polar surface area (TPSA) is 66.8 Å². The maximum Gasteiger partial charge on any atom is 0.242 e. The Hall–Kier alpha value is -4.06. The van der Waals surface area contributed by atoms with Crippen LogP contribution in [0.3, 0.4) is 0 Å². The molecule has 6 nitrogen and oxygen atoms in total. The number of Topliss-reactive ketones (excluding diaryl/α,β-unsaturated/α-hetero) is 1. The van der Waals surface area contributed by atoms with Crippen LogP contribution in [0.1, 0.15) is 10.5 Å². The van der Waals surface area contributed by atoms with Gasteiger partial charge in [-0.15, -0.1) is 0 Å². The summed E-state index contributed by atoms with van der Waals surface area (Å²) >= 11 is 0. The van der Waals surface area contributed by atoms with E-state index in [1.165, 1.54) is 21.3 Å². The smallest absolute Gasteiger partial charge is 0.242 e. The first-order valence-electron chi connectivity index (χ1n) is 10.0. The van der Waals surface area contributed by atoms with E-state index in [1.54, 1.807) is 23.7 Å². The molecule has 6 heteroatoms. The van der Waals surface area contributed by atoms with Crippen LogP contribution in [0.15, 0.2) is 60.8 Å². The van der Waals surface area contributed by atoms with Gasteiger partial charge in [-0.3, -0.25) is 9.59 Å². The molecule has 0 unspecified atom stereocenters. The molecular formula is C26H23NO5. The fourth-order valence-corrected chi connectivity index (χ4v) is 4.07. The van der Waals surface area contributed by atoms with Crippen LogP contribution in [0.25, 0.3) is 33.0 Å². The van der Waals surface area contributed by atoms with Crippen molar-refractivity contribution in [1.82, 2.24) is 4.57 Å². The van der Waals surface area contributed by atoms with E-state index in [0.29, 0.717) is 34.7 Å². The van der Waals surface area contributed by atoms with E-state index in [2.05, 4.69) is 6.07 Å².